The monoisotopic (exact) mass is 157 g/mol. The maximum Gasteiger partial charge on any atom is 0.0468 e. The number of hydrogen-bond acceptors (Lipinski definition) is 2. The summed E-state index contributed by atoms with van der Waals surface area (Å²) in [5, 5.41) is 12.1. The molecule has 0 amide bonds. The number of aliphatic hydroxyl groups excluding tert-OH is 1. The lowest BCUT2D eigenvalue weighted by molar-refractivity contribution is 0.232. The summed E-state index contributed by atoms with van der Waals surface area (Å²) in [6.45, 7) is 6.74. The summed E-state index contributed by atoms with van der Waals surface area (Å²) < 4.78 is 0. The van der Waals surface area contributed by atoms with Crippen molar-refractivity contribution < 1.29 is 5.11 Å². The van der Waals surface area contributed by atoms with Gasteiger partial charge in [0, 0.05) is 13.2 Å². The molecule has 0 aromatic rings. The summed E-state index contributed by atoms with van der Waals surface area (Å²) in [6, 6.07) is 0. The van der Waals surface area contributed by atoms with Gasteiger partial charge in [0.2, 0.25) is 0 Å². The van der Waals surface area contributed by atoms with Crippen LogP contribution in [0.3, 0.4) is 0 Å². The highest BCUT2D eigenvalue weighted by molar-refractivity contribution is 4.90. The van der Waals surface area contributed by atoms with Crippen molar-refractivity contribution in [1.29, 1.82) is 0 Å². The molecule has 1 fully saturated rings. The molecule has 0 aromatic carbocycles. The van der Waals surface area contributed by atoms with E-state index < -0.39 is 0 Å². The molecule has 0 aromatic heterocycles. The largest absolute Gasteiger partial charge is 0.396 e. The smallest absolute Gasteiger partial charge is 0.0468 e. The Morgan fingerprint density at radius 1 is 1.55 bits per heavy atom. The molecular formula is C9H19NO. The van der Waals surface area contributed by atoms with Gasteiger partial charge in [0.25, 0.3) is 0 Å². The summed E-state index contributed by atoms with van der Waals surface area (Å²) in [4.78, 5) is 0. The van der Waals surface area contributed by atoms with Gasteiger partial charge in [0.05, 0.1) is 0 Å². The maximum atomic E-state index is 8.74. The van der Waals surface area contributed by atoms with Crippen molar-refractivity contribution in [3.8, 4) is 0 Å². The van der Waals surface area contributed by atoms with Crippen LogP contribution >= 0.6 is 0 Å². The fourth-order valence-electron chi connectivity index (χ4n) is 1.08. The molecular weight excluding hydrogens is 138 g/mol. The summed E-state index contributed by atoms with van der Waals surface area (Å²) in [6.07, 6.45) is 2.74. The fourth-order valence-corrected chi connectivity index (χ4v) is 1.08. The Balaban J connectivity index is 1.95. The SMILES string of the molecule is CC(CO)CNCC1(C)CC1. The lowest BCUT2D eigenvalue weighted by Crippen LogP contribution is -2.28. The van der Waals surface area contributed by atoms with E-state index in [2.05, 4.69) is 19.2 Å². The molecule has 2 nitrogen and oxygen atoms in total. The quantitative estimate of drug-likeness (QED) is 0.624. The number of hydrogen-bond donors (Lipinski definition) is 2. The third-order valence-corrected chi connectivity index (χ3v) is 2.46. The van der Waals surface area contributed by atoms with Gasteiger partial charge in [-0.3, -0.25) is 0 Å². The first-order chi connectivity index (χ1) is 5.16. The number of aliphatic hydroxyl groups is 1. The van der Waals surface area contributed by atoms with Gasteiger partial charge < -0.3 is 10.4 Å². The lowest BCUT2D eigenvalue weighted by atomic mass is 10.1. The van der Waals surface area contributed by atoms with Crippen LogP contribution in [0, 0.1) is 11.3 Å². The first-order valence-corrected chi connectivity index (χ1v) is 4.48. The van der Waals surface area contributed by atoms with Crippen LogP contribution in [-0.2, 0) is 0 Å². The van der Waals surface area contributed by atoms with Crippen molar-refractivity contribution in [3.63, 3.8) is 0 Å². The standard InChI is InChI=1S/C9H19NO/c1-8(6-11)5-10-7-9(2)3-4-9/h8,10-11H,3-7H2,1-2H3. The van der Waals surface area contributed by atoms with Crippen molar-refractivity contribution in [2.24, 2.45) is 11.3 Å². The normalized spacial score (nSPS) is 23.2. The van der Waals surface area contributed by atoms with Gasteiger partial charge in [-0.2, -0.15) is 0 Å². The Morgan fingerprint density at radius 3 is 2.64 bits per heavy atom. The predicted octanol–water partition coefficient (Wildman–Crippen LogP) is 1.00. The molecule has 1 aliphatic rings. The van der Waals surface area contributed by atoms with Gasteiger partial charge in [-0.15, -0.1) is 0 Å². The zero-order chi connectivity index (χ0) is 8.32. The highest BCUT2D eigenvalue weighted by atomic mass is 16.3. The Kier molecular flexibility index (Phi) is 2.90. The second-order valence-corrected chi connectivity index (χ2v) is 4.23. The Morgan fingerprint density at radius 2 is 2.18 bits per heavy atom. The molecule has 2 heteroatoms. The predicted molar refractivity (Wildman–Crippen MR) is 46.5 cm³/mol. The van der Waals surface area contributed by atoms with Crippen LogP contribution in [-0.4, -0.2) is 24.8 Å². The molecule has 1 saturated carbocycles. The van der Waals surface area contributed by atoms with E-state index in [9.17, 15) is 0 Å². The van der Waals surface area contributed by atoms with E-state index in [0.29, 0.717) is 17.9 Å². The maximum absolute atomic E-state index is 8.74. The molecule has 0 heterocycles. The fraction of sp³-hybridized carbons (Fsp3) is 1.00. The van der Waals surface area contributed by atoms with Crippen molar-refractivity contribution in [2.75, 3.05) is 19.7 Å². The van der Waals surface area contributed by atoms with E-state index >= 15 is 0 Å². The third-order valence-electron chi connectivity index (χ3n) is 2.46. The number of nitrogens with one attached hydrogen (secondary N) is 1. The summed E-state index contributed by atoms with van der Waals surface area (Å²) >= 11 is 0. The Hall–Kier alpha value is -0.0800. The molecule has 0 radical (unpaired) electrons. The van der Waals surface area contributed by atoms with Crippen LogP contribution in [0.25, 0.3) is 0 Å². The van der Waals surface area contributed by atoms with Gasteiger partial charge in [-0.25, -0.2) is 0 Å². The van der Waals surface area contributed by atoms with E-state index in [0.717, 1.165) is 13.1 Å². The molecule has 1 rings (SSSR count). The summed E-state index contributed by atoms with van der Waals surface area (Å²) in [5.41, 5.74) is 0.592. The van der Waals surface area contributed by atoms with Crippen LogP contribution in [0.4, 0.5) is 0 Å². The van der Waals surface area contributed by atoms with Crippen LogP contribution in [0.5, 0.6) is 0 Å². The first kappa shape index (κ1) is 9.01. The van der Waals surface area contributed by atoms with Gasteiger partial charge in [0.15, 0.2) is 0 Å². The first-order valence-electron chi connectivity index (χ1n) is 4.48. The van der Waals surface area contributed by atoms with Gasteiger partial charge in [-0.05, 0) is 30.7 Å². The lowest BCUT2D eigenvalue weighted by Gasteiger charge is -2.12. The second-order valence-electron chi connectivity index (χ2n) is 4.23. The van der Waals surface area contributed by atoms with Gasteiger partial charge in [0.1, 0.15) is 0 Å². The highest BCUT2D eigenvalue weighted by Crippen LogP contribution is 2.43. The van der Waals surface area contributed by atoms with E-state index in [4.69, 9.17) is 5.11 Å². The zero-order valence-corrected chi connectivity index (χ0v) is 7.56. The van der Waals surface area contributed by atoms with Crippen molar-refractivity contribution in [2.45, 2.75) is 26.7 Å². The highest BCUT2D eigenvalue weighted by Gasteiger charge is 2.36. The molecule has 0 bridgehead atoms. The van der Waals surface area contributed by atoms with E-state index in [1.54, 1.807) is 0 Å². The average molecular weight is 157 g/mol. The Bertz CT molecular complexity index is 121. The summed E-state index contributed by atoms with van der Waals surface area (Å²) in [7, 11) is 0. The van der Waals surface area contributed by atoms with Crippen molar-refractivity contribution in [1.82, 2.24) is 5.32 Å². The van der Waals surface area contributed by atoms with Gasteiger partial charge >= 0.3 is 0 Å². The van der Waals surface area contributed by atoms with E-state index in [-0.39, 0.29) is 0 Å². The molecule has 11 heavy (non-hydrogen) atoms. The van der Waals surface area contributed by atoms with E-state index in [1.165, 1.54) is 12.8 Å². The molecule has 1 unspecified atom stereocenters. The number of rotatable bonds is 5. The minimum Gasteiger partial charge on any atom is -0.396 e. The van der Waals surface area contributed by atoms with Crippen LogP contribution in [0.1, 0.15) is 26.7 Å². The van der Waals surface area contributed by atoms with E-state index in [1.807, 2.05) is 0 Å². The van der Waals surface area contributed by atoms with Crippen LogP contribution < -0.4 is 5.32 Å². The molecule has 0 saturated heterocycles. The zero-order valence-electron chi connectivity index (χ0n) is 7.56. The topological polar surface area (TPSA) is 32.3 Å². The van der Waals surface area contributed by atoms with Crippen LogP contribution in [0.2, 0.25) is 0 Å². The minimum absolute atomic E-state index is 0.295. The van der Waals surface area contributed by atoms with Crippen molar-refractivity contribution in [3.05, 3.63) is 0 Å². The Labute approximate surface area is 69.0 Å². The second kappa shape index (κ2) is 3.55. The molecule has 2 N–H and O–H groups in total. The molecule has 66 valence electrons. The summed E-state index contributed by atoms with van der Waals surface area (Å²) in [5.74, 6) is 0.400. The third kappa shape index (κ3) is 3.21. The molecule has 0 spiro atoms. The molecule has 0 aliphatic heterocycles. The molecule has 1 aliphatic carbocycles. The van der Waals surface area contributed by atoms with Crippen LogP contribution in [0.15, 0.2) is 0 Å². The van der Waals surface area contributed by atoms with Gasteiger partial charge in [-0.1, -0.05) is 13.8 Å². The molecule has 1 atom stereocenters. The van der Waals surface area contributed by atoms with Crippen molar-refractivity contribution >= 4 is 0 Å². The minimum atomic E-state index is 0.295. The average Bonchev–Trinajstić information content (AvgIpc) is 2.68.